The van der Waals surface area contributed by atoms with Crippen molar-refractivity contribution in [3.05, 3.63) is 65.0 Å². The zero-order chi connectivity index (χ0) is 16.9. The molecule has 0 bridgehead atoms. The molecule has 1 aromatic heterocycles. The molecule has 0 aliphatic rings. The van der Waals surface area contributed by atoms with Gasteiger partial charge in [-0.3, -0.25) is 0 Å². The van der Waals surface area contributed by atoms with Crippen LogP contribution in [0.25, 0.3) is 16.2 Å². The summed E-state index contributed by atoms with van der Waals surface area (Å²) in [7, 11) is 0. The maximum atomic E-state index is 11.8. The number of carbonyl (C=O) groups excluding carboxylic acids is 1. The summed E-state index contributed by atoms with van der Waals surface area (Å²) >= 11 is 1.53. The molecule has 0 spiro atoms. The second-order valence-electron chi connectivity index (χ2n) is 5.29. The summed E-state index contributed by atoms with van der Waals surface area (Å²) < 4.78 is 6.12. The van der Waals surface area contributed by atoms with Crippen LogP contribution in [0.4, 0.5) is 0 Å². The fourth-order valence-electron chi connectivity index (χ4n) is 2.31. The Morgan fingerprint density at radius 3 is 2.71 bits per heavy atom. The van der Waals surface area contributed by atoms with E-state index in [1.165, 1.54) is 17.4 Å². The molecule has 3 rings (SSSR count). The zero-order valence-electron chi connectivity index (χ0n) is 12.8. The lowest BCUT2D eigenvalue weighted by Gasteiger charge is -2.03. The Kier molecular flexibility index (Phi) is 4.82. The zero-order valence-corrected chi connectivity index (χ0v) is 13.6. The number of ether oxygens (including phenoxy) is 1. The van der Waals surface area contributed by atoms with E-state index < -0.39 is 5.97 Å². The number of phenols is 2. The molecular weight excluding hydrogens is 324 g/mol. The Hall–Kier alpha value is -2.79. The van der Waals surface area contributed by atoms with Gasteiger partial charge < -0.3 is 14.9 Å². The number of hydrogen-bond acceptors (Lipinski definition) is 5. The number of phenolic OH excluding ortho intramolecular Hbond substituents is 2. The molecule has 1 heterocycles. The molecule has 2 aromatic carbocycles. The molecule has 0 fully saturated rings. The second kappa shape index (κ2) is 7.19. The molecule has 3 aromatic rings. The molecule has 0 amide bonds. The third-order valence-electron chi connectivity index (χ3n) is 3.56. The first-order valence-corrected chi connectivity index (χ1v) is 8.33. The quantitative estimate of drug-likeness (QED) is 0.542. The van der Waals surface area contributed by atoms with E-state index in [4.69, 9.17) is 4.74 Å². The van der Waals surface area contributed by atoms with Crippen LogP contribution in [0, 0.1) is 0 Å². The largest absolute Gasteiger partial charge is 0.508 e. The Bertz CT molecular complexity index is 878. The first kappa shape index (κ1) is 16.1. The van der Waals surface area contributed by atoms with Gasteiger partial charge in [0.1, 0.15) is 11.5 Å². The fourth-order valence-corrected chi connectivity index (χ4v) is 3.17. The monoisotopic (exact) mass is 340 g/mol. The van der Waals surface area contributed by atoms with Crippen molar-refractivity contribution >= 4 is 33.5 Å². The molecule has 24 heavy (non-hydrogen) atoms. The van der Waals surface area contributed by atoms with E-state index in [1.807, 2.05) is 17.5 Å². The summed E-state index contributed by atoms with van der Waals surface area (Å²) in [5.41, 5.74) is 1.73. The van der Waals surface area contributed by atoms with E-state index in [-0.39, 0.29) is 18.1 Å². The molecule has 0 saturated heterocycles. The summed E-state index contributed by atoms with van der Waals surface area (Å²) in [6.45, 7) is 0.267. The molecule has 0 radical (unpaired) electrons. The minimum absolute atomic E-state index is 0.203. The van der Waals surface area contributed by atoms with Crippen molar-refractivity contribution < 1.29 is 19.7 Å². The van der Waals surface area contributed by atoms with Crippen molar-refractivity contribution in [3.63, 3.8) is 0 Å². The van der Waals surface area contributed by atoms with Gasteiger partial charge in [-0.2, -0.15) is 0 Å². The summed E-state index contributed by atoms with van der Waals surface area (Å²) in [6.07, 6.45) is 3.56. The molecule has 2 N–H and O–H groups in total. The van der Waals surface area contributed by atoms with Crippen LogP contribution < -0.4 is 0 Å². The Morgan fingerprint density at radius 1 is 1.12 bits per heavy atom. The molecule has 4 nitrogen and oxygen atoms in total. The van der Waals surface area contributed by atoms with E-state index in [0.29, 0.717) is 6.42 Å². The number of aromatic hydroxyl groups is 2. The minimum atomic E-state index is -0.431. The molecular formula is C19H16O4S. The molecule has 0 unspecified atom stereocenters. The predicted octanol–water partition coefficient (Wildman–Crippen LogP) is 4.11. The molecule has 0 aliphatic heterocycles. The van der Waals surface area contributed by atoms with Gasteiger partial charge in [0.05, 0.1) is 6.61 Å². The van der Waals surface area contributed by atoms with Gasteiger partial charge >= 0.3 is 5.97 Å². The van der Waals surface area contributed by atoms with Crippen LogP contribution in [0.2, 0.25) is 0 Å². The lowest BCUT2D eigenvalue weighted by Crippen LogP contribution is -2.04. The fraction of sp³-hybridized carbons (Fsp3) is 0.105. The van der Waals surface area contributed by atoms with Crippen LogP contribution in [-0.4, -0.2) is 22.8 Å². The Morgan fingerprint density at radius 2 is 1.92 bits per heavy atom. The Balaban J connectivity index is 1.55. The number of benzene rings is 2. The second-order valence-corrected chi connectivity index (χ2v) is 6.24. The first-order chi connectivity index (χ1) is 11.6. The Labute approximate surface area is 143 Å². The van der Waals surface area contributed by atoms with Gasteiger partial charge in [0.2, 0.25) is 0 Å². The van der Waals surface area contributed by atoms with Crippen molar-refractivity contribution in [2.75, 3.05) is 6.61 Å². The minimum Gasteiger partial charge on any atom is -0.508 e. The maximum absolute atomic E-state index is 11.8. The molecule has 122 valence electrons. The summed E-state index contributed by atoms with van der Waals surface area (Å²) in [5, 5.41) is 21.9. The number of carbonyl (C=O) groups is 1. The van der Waals surface area contributed by atoms with E-state index in [2.05, 4.69) is 0 Å². The van der Waals surface area contributed by atoms with Crippen molar-refractivity contribution in [1.29, 1.82) is 0 Å². The summed E-state index contributed by atoms with van der Waals surface area (Å²) in [6, 6.07) is 12.2. The molecule has 0 aliphatic carbocycles. The average molecular weight is 340 g/mol. The lowest BCUT2D eigenvalue weighted by atomic mass is 10.1. The van der Waals surface area contributed by atoms with E-state index in [0.717, 1.165) is 21.2 Å². The highest BCUT2D eigenvalue weighted by Crippen LogP contribution is 2.30. The van der Waals surface area contributed by atoms with Crippen LogP contribution >= 0.6 is 11.3 Å². The van der Waals surface area contributed by atoms with Gasteiger partial charge in [0, 0.05) is 22.6 Å². The van der Waals surface area contributed by atoms with E-state index >= 15 is 0 Å². The van der Waals surface area contributed by atoms with E-state index in [1.54, 1.807) is 36.4 Å². The summed E-state index contributed by atoms with van der Waals surface area (Å²) in [5.74, 6) is -0.0155. The van der Waals surface area contributed by atoms with Crippen molar-refractivity contribution in [1.82, 2.24) is 0 Å². The number of esters is 1. The first-order valence-electron chi connectivity index (χ1n) is 7.45. The average Bonchev–Trinajstić information content (AvgIpc) is 3.04. The highest BCUT2D eigenvalue weighted by atomic mass is 32.1. The lowest BCUT2D eigenvalue weighted by molar-refractivity contribution is -0.137. The molecule has 0 saturated carbocycles. The van der Waals surface area contributed by atoms with Crippen LogP contribution in [0.5, 0.6) is 11.5 Å². The molecule has 5 heteroatoms. The van der Waals surface area contributed by atoms with Gasteiger partial charge in [-0.1, -0.05) is 12.1 Å². The molecule has 0 atom stereocenters. The number of fused-ring (bicyclic) bond motifs is 1. The summed E-state index contributed by atoms with van der Waals surface area (Å²) in [4.78, 5) is 11.8. The van der Waals surface area contributed by atoms with Gasteiger partial charge in [-0.05, 0) is 52.9 Å². The highest BCUT2D eigenvalue weighted by molar-refractivity contribution is 7.17. The standard InChI is InChI=1S/C19H16O4S/c20-15-4-1-13(2-5-15)7-9-23-19(22)6-3-14-11-17(21)16-8-10-24-18(16)12-14/h1-6,8,10-12,20-21H,7,9H2/b6-3+. The van der Waals surface area contributed by atoms with Crippen molar-refractivity contribution in [2.24, 2.45) is 0 Å². The van der Waals surface area contributed by atoms with Gasteiger partial charge in [0.15, 0.2) is 0 Å². The van der Waals surface area contributed by atoms with Crippen LogP contribution in [0.3, 0.4) is 0 Å². The SMILES string of the molecule is O=C(/C=C/c1cc(O)c2ccsc2c1)OCCc1ccc(O)cc1. The van der Waals surface area contributed by atoms with Crippen molar-refractivity contribution in [3.8, 4) is 11.5 Å². The maximum Gasteiger partial charge on any atom is 0.330 e. The highest BCUT2D eigenvalue weighted by Gasteiger charge is 2.03. The topological polar surface area (TPSA) is 66.8 Å². The van der Waals surface area contributed by atoms with Crippen LogP contribution in [0.1, 0.15) is 11.1 Å². The van der Waals surface area contributed by atoms with Crippen LogP contribution in [0.15, 0.2) is 53.9 Å². The number of hydrogen-bond donors (Lipinski definition) is 2. The van der Waals surface area contributed by atoms with Crippen molar-refractivity contribution in [2.45, 2.75) is 6.42 Å². The van der Waals surface area contributed by atoms with Crippen LogP contribution in [-0.2, 0) is 16.0 Å². The third kappa shape index (κ3) is 3.94. The third-order valence-corrected chi connectivity index (χ3v) is 4.42. The van der Waals surface area contributed by atoms with E-state index in [9.17, 15) is 15.0 Å². The normalized spacial score (nSPS) is 11.2. The number of rotatable bonds is 5. The van der Waals surface area contributed by atoms with Gasteiger partial charge in [0.25, 0.3) is 0 Å². The van der Waals surface area contributed by atoms with Gasteiger partial charge in [-0.25, -0.2) is 4.79 Å². The van der Waals surface area contributed by atoms with Gasteiger partial charge in [-0.15, -0.1) is 11.3 Å². The predicted molar refractivity (Wildman–Crippen MR) is 95.3 cm³/mol. The smallest absolute Gasteiger partial charge is 0.330 e. The number of thiophene rings is 1.